The summed E-state index contributed by atoms with van der Waals surface area (Å²) in [5.74, 6) is 0. The van der Waals surface area contributed by atoms with Crippen LogP contribution in [0.4, 0.5) is 5.13 Å². The molecule has 3 N–H and O–H groups in total. The lowest BCUT2D eigenvalue weighted by atomic mass is 9.86. The predicted molar refractivity (Wildman–Crippen MR) is 68.3 cm³/mol. The molecule has 1 aromatic rings. The summed E-state index contributed by atoms with van der Waals surface area (Å²) in [5, 5.41) is 10.0. The van der Waals surface area contributed by atoms with E-state index < -0.39 is 0 Å². The smallest absolute Gasteiger partial charge is 0.180 e. The number of likely N-dealkylation sites (N-methyl/N-ethyl adjacent to an activating group) is 1. The fourth-order valence-corrected chi connectivity index (χ4v) is 2.57. The van der Waals surface area contributed by atoms with Crippen LogP contribution in [0.15, 0.2) is 6.20 Å². The Labute approximate surface area is 101 Å². The first-order valence-electron chi connectivity index (χ1n) is 5.36. The second-order valence-corrected chi connectivity index (χ2v) is 6.29. The van der Waals surface area contributed by atoms with Gasteiger partial charge in [0.25, 0.3) is 0 Å². The Hall–Kier alpha value is -0.650. The number of nitrogens with zero attached hydrogens (tertiary/aromatic N) is 2. The fraction of sp³-hybridized carbons (Fsp3) is 0.727. The molecule has 0 saturated heterocycles. The van der Waals surface area contributed by atoms with Crippen molar-refractivity contribution in [2.75, 3.05) is 19.4 Å². The molecule has 1 heterocycles. The van der Waals surface area contributed by atoms with Gasteiger partial charge in [-0.25, -0.2) is 4.98 Å². The lowest BCUT2D eigenvalue weighted by Gasteiger charge is -2.36. The van der Waals surface area contributed by atoms with Gasteiger partial charge in [-0.3, -0.25) is 4.90 Å². The Balaban J connectivity index is 2.66. The molecule has 0 aromatic carbocycles. The molecule has 0 radical (unpaired) electrons. The summed E-state index contributed by atoms with van der Waals surface area (Å²) in [5.41, 5.74) is 5.64. The lowest BCUT2D eigenvalue weighted by Crippen LogP contribution is -2.43. The minimum absolute atomic E-state index is 0.0553. The number of aliphatic hydroxyl groups excluding tert-OH is 1. The summed E-state index contributed by atoms with van der Waals surface area (Å²) < 4.78 is 0. The Kier molecular flexibility index (Phi) is 4.29. The van der Waals surface area contributed by atoms with Crippen LogP contribution >= 0.6 is 11.3 Å². The zero-order valence-electron chi connectivity index (χ0n) is 10.4. The average molecular weight is 243 g/mol. The largest absolute Gasteiger partial charge is 0.395 e. The third-order valence-corrected chi connectivity index (χ3v) is 3.49. The van der Waals surface area contributed by atoms with Crippen molar-refractivity contribution in [3.05, 3.63) is 11.1 Å². The first kappa shape index (κ1) is 13.4. The molecule has 0 aliphatic heterocycles. The first-order valence-corrected chi connectivity index (χ1v) is 6.17. The number of aromatic nitrogens is 1. The van der Waals surface area contributed by atoms with E-state index in [0.29, 0.717) is 5.13 Å². The normalized spacial score (nSPS) is 14.4. The number of thiazole rings is 1. The van der Waals surface area contributed by atoms with Gasteiger partial charge in [0.15, 0.2) is 5.13 Å². The minimum Gasteiger partial charge on any atom is -0.395 e. The highest BCUT2D eigenvalue weighted by atomic mass is 32.1. The summed E-state index contributed by atoms with van der Waals surface area (Å²) in [6.45, 7) is 7.33. The molecule has 1 unspecified atom stereocenters. The second kappa shape index (κ2) is 5.12. The summed E-state index contributed by atoms with van der Waals surface area (Å²) in [6, 6.07) is 0.135. The van der Waals surface area contributed by atoms with Crippen LogP contribution in [-0.2, 0) is 6.54 Å². The van der Waals surface area contributed by atoms with Crippen molar-refractivity contribution >= 4 is 16.5 Å². The number of aliphatic hydroxyl groups is 1. The highest BCUT2D eigenvalue weighted by molar-refractivity contribution is 7.15. The van der Waals surface area contributed by atoms with Gasteiger partial charge in [-0.2, -0.15) is 0 Å². The Bertz CT molecular complexity index is 332. The molecule has 0 spiro atoms. The van der Waals surface area contributed by atoms with Crippen molar-refractivity contribution < 1.29 is 5.11 Å². The fourth-order valence-electron chi connectivity index (χ4n) is 1.83. The van der Waals surface area contributed by atoms with Crippen LogP contribution < -0.4 is 5.73 Å². The third kappa shape index (κ3) is 3.43. The van der Waals surface area contributed by atoms with Gasteiger partial charge in [0.2, 0.25) is 0 Å². The molecule has 0 bridgehead atoms. The van der Waals surface area contributed by atoms with Crippen LogP contribution in [0.5, 0.6) is 0 Å². The predicted octanol–water partition coefficient (Wildman–Crippen LogP) is 1.56. The van der Waals surface area contributed by atoms with Gasteiger partial charge in [-0.15, -0.1) is 11.3 Å². The molecule has 1 aromatic heterocycles. The number of nitrogens with two attached hydrogens (primary N) is 1. The van der Waals surface area contributed by atoms with Crippen LogP contribution in [0.2, 0.25) is 0 Å². The summed E-state index contributed by atoms with van der Waals surface area (Å²) in [4.78, 5) is 7.30. The van der Waals surface area contributed by atoms with Crippen molar-refractivity contribution in [1.82, 2.24) is 9.88 Å². The average Bonchev–Trinajstić information content (AvgIpc) is 2.49. The van der Waals surface area contributed by atoms with Gasteiger partial charge in [-0.1, -0.05) is 20.8 Å². The van der Waals surface area contributed by atoms with Crippen molar-refractivity contribution in [2.45, 2.75) is 33.4 Å². The molecule has 0 saturated carbocycles. The molecule has 0 aliphatic rings. The highest BCUT2D eigenvalue weighted by Gasteiger charge is 2.27. The summed E-state index contributed by atoms with van der Waals surface area (Å²) in [6.07, 6.45) is 1.80. The zero-order valence-corrected chi connectivity index (χ0v) is 11.2. The van der Waals surface area contributed by atoms with Crippen LogP contribution in [-0.4, -0.2) is 34.7 Å². The molecule has 92 valence electrons. The van der Waals surface area contributed by atoms with Gasteiger partial charge < -0.3 is 10.8 Å². The molecule has 16 heavy (non-hydrogen) atoms. The van der Waals surface area contributed by atoms with E-state index in [4.69, 9.17) is 5.73 Å². The standard InChI is InChI=1S/C11H21N3OS/c1-11(2,3)9(7-15)14(4)6-8-5-13-10(12)16-8/h5,9,15H,6-7H2,1-4H3,(H2,12,13). The van der Waals surface area contributed by atoms with Gasteiger partial charge >= 0.3 is 0 Å². The molecule has 5 heteroatoms. The highest BCUT2D eigenvalue weighted by Crippen LogP contribution is 2.25. The lowest BCUT2D eigenvalue weighted by molar-refractivity contribution is 0.0620. The van der Waals surface area contributed by atoms with E-state index >= 15 is 0 Å². The van der Waals surface area contributed by atoms with Crippen molar-refractivity contribution in [1.29, 1.82) is 0 Å². The van der Waals surface area contributed by atoms with Gasteiger partial charge in [0, 0.05) is 23.7 Å². The Morgan fingerprint density at radius 2 is 2.19 bits per heavy atom. The number of anilines is 1. The van der Waals surface area contributed by atoms with E-state index in [0.717, 1.165) is 11.4 Å². The maximum Gasteiger partial charge on any atom is 0.180 e. The molecule has 4 nitrogen and oxygen atoms in total. The molecule has 1 rings (SSSR count). The Morgan fingerprint density at radius 3 is 2.56 bits per heavy atom. The van der Waals surface area contributed by atoms with Crippen molar-refractivity contribution in [2.24, 2.45) is 5.41 Å². The first-order chi connectivity index (χ1) is 7.34. The van der Waals surface area contributed by atoms with Crippen molar-refractivity contribution in [3.8, 4) is 0 Å². The molecule has 0 aliphatic carbocycles. The molecular formula is C11H21N3OS. The number of nitrogen functional groups attached to an aromatic ring is 1. The van der Waals surface area contributed by atoms with Crippen LogP contribution in [0.1, 0.15) is 25.6 Å². The van der Waals surface area contributed by atoms with E-state index in [9.17, 15) is 5.11 Å². The minimum atomic E-state index is 0.0553. The topological polar surface area (TPSA) is 62.4 Å². The van der Waals surface area contributed by atoms with Gasteiger partial charge in [0.05, 0.1) is 6.61 Å². The molecular weight excluding hydrogens is 222 g/mol. The maximum absolute atomic E-state index is 9.44. The van der Waals surface area contributed by atoms with Crippen LogP contribution in [0, 0.1) is 5.41 Å². The monoisotopic (exact) mass is 243 g/mol. The molecule has 0 fully saturated rings. The van der Waals surface area contributed by atoms with Crippen molar-refractivity contribution in [3.63, 3.8) is 0 Å². The van der Waals surface area contributed by atoms with E-state index in [-0.39, 0.29) is 18.1 Å². The molecule has 0 amide bonds. The van der Waals surface area contributed by atoms with Gasteiger partial charge in [-0.05, 0) is 12.5 Å². The van der Waals surface area contributed by atoms with Crippen LogP contribution in [0.3, 0.4) is 0 Å². The zero-order chi connectivity index (χ0) is 12.3. The van der Waals surface area contributed by atoms with Crippen LogP contribution in [0.25, 0.3) is 0 Å². The number of rotatable bonds is 4. The van der Waals surface area contributed by atoms with E-state index in [2.05, 4.69) is 30.7 Å². The Morgan fingerprint density at radius 1 is 1.56 bits per heavy atom. The van der Waals surface area contributed by atoms with E-state index in [1.165, 1.54) is 11.3 Å². The third-order valence-electron chi connectivity index (χ3n) is 2.68. The quantitative estimate of drug-likeness (QED) is 0.842. The van der Waals surface area contributed by atoms with Gasteiger partial charge in [0.1, 0.15) is 0 Å². The number of hydrogen-bond acceptors (Lipinski definition) is 5. The summed E-state index contributed by atoms with van der Waals surface area (Å²) in [7, 11) is 2.02. The summed E-state index contributed by atoms with van der Waals surface area (Å²) >= 11 is 1.50. The van der Waals surface area contributed by atoms with E-state index in [1.54, 1.807) is 6.20 Å². The number of hydrogen-bond donors (Lipinski definition) is 2. The SMILES string of the molecule is CN(Cc1cnc(N)s1)C(CO)C(C)(C)C. The van der Waals surface area contributed by atoms with E-state index in [1.807, 2.05) is 7.05 Å². The maximum atomic E-state index is 9.44. The second-order valence-electron chi connectivity index (χ2n) is 5.14. The molecule has 1 atom stereocenters.